The van der Waals surface area contributed by atoms with E-state index >= 15 is 0 Å². The molecule has 0 aromatic carbocycles. The highest BCUT2D eigenvalue weighted by atomic mass is 79.9. The van der Waals surface area contributed by atoms with Crippen LogP contribution in [0.25, 0.3) is 0 Å². The van der Waals surface area contributed by atoms with Crippen LogP contribution in [0.1, 0.15) is 20.8 Å². The van der Waals surface area contributed by atoms with Crippen molar-refractivity contribution in [3.8, 4) is 0 Å². The van der Waals surface area contributed by atoms with E-state index in [2.05, 4.69) is 33.6 Å². The van der Waals surface area contributed by atoms with Gasteiger partial charge in [0.2, 0.25) is 0 Å². The number of hydrogen-bond acceptors (Lipinski definition) is 3. The van der Waals surface area contributed by atoms with Gasteiger partial charge in [0.25, 0.3) is 0 Å². The first kappa shape index (κ1) is 14.5. The lowest BCUT2D eigenvalue weighted by Crippen LogP contribution is -2.53. The van der Waals surface area contributed by atoms with Gasteiger partial charge in [-0.3, -0.25) is 5.41 Å². The summed E-state index contributed by atoms with van der Waals surface area (Å²) in [7, 11) is 0. The summed E-state index contributed by atoms with van der Waals surface area (Å²) in [5.41, 5.74) is -0.484. The van der Waals surface area contributed by atoms with E-state index in [1.807, 2.05) is 20.8 Å². The first-order valence-electron chi connectivity index (χ1n) is 5.18. The lowest BCUT2D eigenvalue weighted by atomic mass is 10.00. The van der Waals surface area contributed by atoms with Gasteiger partial charge in [-0.2, -0.15) is 0 Å². The Kier molecular flexibility index (Phi) is 4.60. The second-order valence-corrected chi connectivity index (χ2v) is 6.64. The molecule has 0 aromatic rings. The highest BCUT2D eigenvalue weighted by Gasteiger charge is 2.36. The topological polar surface area (TPSA) is 65.8 Å². The molecule has 7 heteroatoms. The quantitative estimate of drug-likeness (QED) is 0.442. The van der Waals surface area contributed by atoms with Crippen molar-refractivity contribution in [1.82, 2.24) is 4.90 Å². The van der Waals surface area contributed by atoms with Gasteiger partial charge in [0, 0.05) is 13.1 Å². The third-order valence-corrected chi connectivity index (χ3v) is 2.41. The molecule has 1 aliphatic rings. The normalized spacial score (nSPS) is 17.7. The molecule has 0 spiro atoms. The molecule has 1 rings (SSSR count). The summed E-state index contributed by atoms with van der Waals surface area (Å²) in [4.78, 5) is 17.0. The first-order valence-corrected chi connectivity index (χ1v) is 6.42. The SMILES string of the molecule is CC(C)(C)OC(=O)N1CC(C(=N)/N=C(\S)Br)C1. The summed E-state index contributed by atoms with van der Waals surface area (Å²) in [6.45, 7) is 6.43. The predicted octanol–water partition coefficient (Wildman–Crippen LogP) is 2.51. The van der Waals surface area contributed by atoms with Crippen molar-refractivity contribution >= 4 is 44.4 Å². The Bertz CT molecular complexity index is 355. The van der Waals surface area contributed by atoms with E-state index in [1.165, 1.54) is 0 Å². The number of amides is 1. The number of ether oxygens (including phenoxy) is 1. The average molecular weight is 322 g/mol. The molecule has 1 saturated heterocycles. The van der Waals surface area contributed by atoms with E-state index in [0.717, 1.165) is 0 Å². The van der Waals surface area contributed by atoms with Crippen LogP contribution in [0.4, 0.5) is 4.79 Å². The Morgan fingerprint density at radius 1 is 1.53 bits per heavy atom. The molecular formula is C10H16BrN3O2S. The minimum atomic E-state index is -0.484. The number of thiol groups is 1. The summed E-state index contributed by atoms with van der Waals surface area (Å²) in [5, 5.41) is 7.64. The maximum atomic E-state index is 11.6. The molecule has 1 aliphatic heterocycles. The number of carbonyl (C=O) groups is 1. The van der Waals surface area contributed by atoms with Crippen LogP contribution in [-0.4, -0.2) is 39.5 Å². The Morgan fingerprint density at radius 3 is 2.47 bits per heavy atom. The molecule has 0 atom stereocenters. The number of nitrogens with zero attached hydrogens (tertiary/aromatic N) is 2. The van der Waals surface area contributed by atoms with Gasteiger partial charge in [0.05, 0.1) is 5.92 Å². The zero-order chi connectivity index (χ0) is 13.2. The largest absolute Gasteiger partial charge is 0.444 e. The van der Waals surface area contributed by atoms with Gasteiger partial charge >= 0.3 is 6.09 Å². The van der Waals surface area contributed by atoms with Gasteiger partial charge in [-0.15, -0.1) is 12.6 Å². The Morgan fingerprint density at radius 2 is 2.06 bits per heavy atom. The van der Waals surface area contributed by atoms with Crippen LogP contribution in [0.3, 0.4) is 0 Å². The maximum Gasteiger partial charge on any atom is 0.410 e. The molecule has 1 N–H and O–H groups in total. The molecule has 0 aliphatic carbocycles. The third kappa shape index (κ3) is 4.67. The number of rotatable bonds is 1. The Labute approximate surface area is 115 Å². The molecule has 96 valence electrons. The number of likely N-dealkylation sites (tertiary alicyclic amines) is 1. The average Bonchev–Trinajstić information content (AvgIpc) is 1.94. The minimum Gasteiger partial charge on any atom is -0.444 e. The monoisotopic (exact) mass is 321 g/mol. The second kappa shape index (κ2) is 5.39. The fourth-order valence-electron chi connectivity index (χ4n) is 1.32. The number of nitrogens with one attached hydrogen (secondary N) is 1. The highest BCUT2D eigenvalue weighted by molar-refractivity contribution is 9.21. The van der Waals surface area contributed by atoms with Gasteiger partial charge in [0.1, 0.15) is 15.4 Å². The number of hydrogen-bond donors (Lipinski definition) is 2. The fourth-order valence-corrected chi connectivity index (χ4v) is 1.62. The lowest BCUT2D eigenvalue weighted by Gasteiger charge is -2.38. The zero-order valence-corrected chi connectivity index (χ0v) is 12.5. The van der Waals surface area contributed by atoms with E-state index in [4.69, 9.17) is 10.1 Å². The van der Waals surface area contributed by atoms with Gasteiger partial charge in [-0.25, -0.2) is 9.79 Å². The second-order valence-electron chi connectivity index (χ2n) is 4.85. The third-order valence-electron chi connectivity index (χ3n) is 2.13. The fraction of sp³-hybridized carbons (Fsp3) is 0.700. The molecule has 17 heavy (non-hydrogen) atoms. The summed E-state index contributed by atoms with van der Waals surface area (Å²) in [5.74, 6) is 0.203. The molecule has 1 amide bonds. The van der Waals surface area contributed by atoms with Crippen molar-refractivity contribution in [2.24, 2.45) is 10.9 Å². The lowest BCUT2D eigenvalue weighted by molar-refractivity contribution is 0.00680. The van der Waals surface area contributed by atoms with E-state index in [1.54, 1.807) is 4.90 Å². The van der Waals surface area contributed by atoms with Crippen molar-refractivity contribution in [3.63, 3.8) is 0 Å². The maximum absolute atomic E-state index is 11.6. The summed E-state index contributed by atoms with van der Waals surface area (Å²) in [6.07, 6.45) is -0.338. The first-order chi connectivity index (χ1) is 7.69. The highest BCUT2D eigenvalue weighted by Crippen LogP contribution is 2.21. The van der Waals surface area contributed by atoms with Crippen LogP contribution < -0.4 is 0 Å². The van der Waals surface area contributed by atoms with Gasteiger partial charge in [0.15, 0.2) is 0 Å². The number of aliphatic imine (C=N–C) groups is 1. The number of amidine groups is 1. The molecule has 0 bridgehead atoms. The van der Waals surface area contributed by atoms with Gasteiger partial charge < -0.3 is 9.64 Å². The predicted molar refractivity (Wildman–Crippen MR) is 74.4 cm³/mol. The van der Waals surface area contributed by atoms with E-state index in [9.17, 15) is 4.79 Å². The molecule has 5 nitrogen and oxygen atoms in total. The van der Waals surface area contributed by atoms with Crippen LogP contribution in [0, 0.1) is 11.3 Å². The molecule has 0 radical (unpaired) electrons. The van der Waals surface area contributed by atoms with Gasteiger partial charge in [-0.1, -0.05) is 0 Å². The van der Waals surface area contributed by atoms with Crippen molar-refractivity contribution in [2.75, 3.05) is 13.1 Å². The van der Waals surface area contributed by atoms with Crippen molar-refractivity contribution in [1.29, 1.82) is 5.41 Å². The van der Waals surface area contributed by atoms with Crippen LogP contribution in [0.2, 0.25) is 0 Å². The van der Waals surface area contributed by atoms with Crippen molar-refractivity contribution < 1.29 is 9.53 Å². The minimum absolute atomic E-state index is 0.0257. The summed E-state index contributed by atoms with van der Waals surface area (Å²) < 4.78 is 5.58. The standard InChI is InChI=1S/C10H16BrN3O2S/c1-10(2,3)16-9(15)14-4-6(5-14)7(12)13-8(11)17/h6H,4-5H2,1-3H3,(H2,12,13,17). The van der Waals surface area contributed by atoms with Crippen LogP contribution in [-0.2, 0) is 4.74 Å². The van der Waals surface area contributed by atoms with Crippen molar-refractivity contribution in [2.45, 2.75) is 26.4 Å². The molecule has 1 heterocycles. The van der Waals surface area contributed by atoms with Gasteiger partial charge in [-0.05, 0) is 36.7 Å². The summed E-state index contributed by atoms with van der Waals surface area (Å²) >= 11 is 6.98. The molecule has 0 unspecified atom stereocenters. The molecule has 1 fully saturated rings. The van der Waals surface area contributed by atoms with E-state index in [-0.39, 0.29) is 17.8 Å². The zero-order valence-electron chi connectivity index (χ0n) is 10.0. The smallest absolute Gasteiger partial charge is 0.410 e. The van der Waals surface area contributed by atoms with E-state index < -0.39 is 5.60 Å². The van der Waals surface area contributed by atoms with Crippen molar-refractivity contribution in [3.05, 3.63) is 0 Å². The molecular weight excluding hydrogens is 306 g/mol. The van der Waals surface area contributed by atoms with Crippen LogP contribution >= 0.6 is 28.6 Å². The number of halogens is 1. The number of carbonyl (C=O) groups excluding carboxylic acids is 1. The van der Waals surface area contributed by atoms with Crippen LogP contribution in [0.15, 0.2) is 4.99 Å². The van der Waals surface area contributed by atoms with E-state index in [0.29, 0.717) is 17.0 Å². The summed E-state index contributed by atoms with van der Waals surface area (Å²) in [6, 6.07) is 0. The Hall–Kier alpha value is -0.560. The van der Waals surface area contributed by atoms with Crippen LogP contribution in [0.5, 0.6) is 0 Å². The molecule has 0 aromatic heterocycles. The Balaban J connectivity index is 2.39. The molecule has 0 saturated carbocycles.